The average molecular weight is 602 g/mol. The van der Waals surface area contributed by atoms with Gasteiger partial charge >= 0.3 is 0 Å². The zero-order chi connectivity index (χ0) is 31.2. The molecule has 1 aromatic heterocycles. The Labute approximate surface area is 273 Å². The predicted octanol–water partition coefficient (Wildman–Crippen LogP) is 12.2. The predicted molar refractivity (Wildman–Crippen MR) is 201 cm³/mol. The molecule has 1 heterocycles. The van der Waals surface area contributed by atoms with E-state index < -0.39 is 0 Å². The van der Waals surface area contributed by atoms with Crippen LogP contribution in [0.2, 0.25) is 0 Å². The molecule has 0 saturated heterocycles. The lowest BCUT2D eigenvalue weighted by molar-refractivity contribution is 1.18. The summed E-state index contributed by atoms with van der Waals surface area (Å²) in [4.78, 5) is 0. The normalized spacial score (nSPS) is 11.4. The maximum atomic E-state index is 3.71. The molecule has 47 heavy (non-hydrogen) atoms. The van der Waals surface area contributed by atoms with E-state index in [0.29, 0.717) is 0 Å². The van der Waals surface area contributed by atoms with E-state index in [0.717, 1.165) is 39.6 Å². The third-order valence-corrected chi connectivity index (χ3v) is 9.03. The van der Waals surface area contributed by atoms with Gasteiger partial charge < -0.3 is 15.2 Å². The first-order valence-corrected chi connectivity index (χ1v) is 16.0. The van der Waals surface area contributed by atoms with Gasteiger partial charge in [-0.25, -0.2) is 0 Å². The van der Waals surface area contributed by atoms with Gasteiger partial charge in [-0.05, 0) is 99.4 Å². The van der Waals surface area contributed by atoms with Gasteiger partial charge in [0.05, 0.1) is 11.0 Å². The second kappa shape index (κ2) is 11.2. The van der Waals surface area contributed by atoms with Crippen molar-refractivity contribution in [1.29, 1.82) is 0 Å². The first-order valence-electron chi connectivity index (χ1n) is 16.0. The highest BCUT2D eigenvalue weighted by molar-refractivity contribution is 6.10. The van der Waals surface area contributed by atoms with E-state index in [1.54, 1.807) is 0 Å². The van der Waals surface area contributed by atoms with Crippen LogP contribution in [-0.2, 0) is 0 Å². The molecule has 0 atom stereocenters. The summed E-state index contributed by atoms with van der Waals surface area (Å²) in [5, 5.41) is 14.8. The molecule has 3 heteroatoms. The Kier molecular flexibility index (Phi) is 6.46. The van der Waals surface area contributed by atoms with E-state index >= 15 is 0 Å². The SMILES string of the molecule is c1ccc(-n2c3ccccc3c3ccc(-c4cc(Nc5ccc6ccccc6c5)cc(Nc5ccc6ccccc6c5)c4)cc32)cc1. The van der Waals surface area contributed by atoms with Crippen LogP contribution < -0.4 is 10.6 Å². The van der Waals surface area contributed by atoms with Crippen molar-refractivity contribution in [2.24, 2.45) is 0 Å². The van der Waals surface area contributed by atoms with Crippen molar-refractivity contribution in [3.8, 4) is 16.8 Å². The summed E-state index contributed by atoms with van der Waals surface area (Å²) in [7, 11) is 0. The van der Waals surface area contributed by atoms with E-state index in [-0.39, 0.29) is 0 Å². The monoisotopic (exact) mass is 601 g/mol. The molecule has 0 spiro atoms. The van der Waals surface area contributed by atoms with E-state index in [1.165, 1.54) is 43.4 Å². The van der Waals surface area contributed by atoms with Gasteiger partial charge in [0, 0.05) is 39.2 Å². The van der Waals surface area contributed by atoms with Crippen molar-refractivity contribution in [1.82, 2.24) is 4.57 Å². The van der Waals surface area contributed by atoms with E-state index in [2.05, 4.69) is 191 Å². The number of hydrogen-bond acceptors (Lipinski definition) is 2. The fourth-order valence-electron chi connectivity index (χ4n) is 6.81. The molecule has 0 aliphatic carbocycles. The van der Waals surface area contributed by atoms with Crippen molar-refractivity contribution >= 4 is 66.1 Å². The van der Waals surface area contributed by atoms with Crippen LogP contribution in [0.5, 0.6) is 0 Å². The van der Waals surface area contributed by atoms with Gasteiger partial charge in [0.2, 0.25) is 0 Å². The molecule has 0 radical (unpaired) electrons. The lowest BCUT2D eigenvalue weighted by Crippen LogP contribution is -1.96. The van der Waals surface area contributed by atoms with Crippen LogP contribution in [-0.4, -0.2) is 4.57 Å². The minimum atomic E-state index is 1.02. The van der Waals surface area contributed by atoms with Crippen molar-refractivity contribution in [2.75, 3.05) is 10.6 Å². The molecule has 0 fully saturated rings. The minimum absolute atomic E-state index is 1.02. The number of fused-ring (bicyclic) bond motifs is 5. The van der Waals surface area contributed by atoms with Crippen LogP contribution in [0.25, 0.3) is 60.2 Å². The molecule has 0 unspecified atom stereocenters. The molecule has 222 valence electrons. The zero-order valence-electron chi connectivity index (χ0n) is 25.7. The van der Waals surface area contributed by atoms with Crippen LogP contribution in [0.15, 0.2) is 176 Å². The van der Waals surface area contributed by atoms with Crippen molar-refractivity contribution in [2.45, 2.75) is 0 Å². The van der Waals surface area contributed by atoms with Crippen LogP contribution in [0, 0.1) is 0 Å². The number of rotatable bonds is 6. The number of hydrogen-bond donors (Lipinski definition) is 2. The Morgan fingerprint density at radius 1 is 0.319 bits per heavy atom. The molecule has 0 aliphatic heterocycles. The third-order valence-electron chi connectivity index (χ3n) is 9.03. The van der Waals surface area contributed by atoms with Crippen molar-refractivity contribution in [3.05, 3.63) is 176 Å². The summed E-state index contributed by atoms with van der Waals surface area (Å²) in [5.74, 6) is 0. The van der Waals surface area contributed by atoms with Crippen LogP contribution in [0.1, 0.15) is 0 Å². The summed E-state index contributed by atoms with van der Waals surface area (Å²) in [6.45, 7) is 0. The first kappa shape index (κ1) is 27.0. The highest BCUT2D eigenvalue weighted by Gasteiger charge is 2.14. The fourth-order valence-corrected chi connectivity index (χ4v) is 6.81. The van der Waals surface area contributed by atoms with Gasteiger partial charge in [-0.2, -0.15) is 0 Å². The maximum Gasteiger partial charge on any atom is 0.0547 e. The Morgan fingerprint density at radius 2 is 0.872 bits per heavy atom. The summed E-state index contributed by atoms with van der Waals surface area (Å²) in [6, 6.07) is 62.9. The zero-order valence-corrected chi connectivity index (χ0v) is 25.7. The molecular formula is C44H31N3. The smallest absolute Gasteiger partial charge is 0.0547 e. The maximum absolute atomic E-state index is 3.71. The molecule has 9 aromatic rings. The van der Waals surface area contributed by atoms with E-state index in [4.69, 9.17) is 0 Å². The third kappa shape index (κ3) is 5.04. The van der Waals surface area contributed by atoms with Crippen LogP contribution >= 0.6 is 0 Å². The number of nitrogens with zero attached hydrogens (tertiary/aromatic N) is 1. The van der Waals surface area contributed by atoms with Crippen LogP contribution in [0.4, 0.5) is 22.7 Å². The van der Waals surface area contributed by atoms with Gasteiger partial charge in [0.1, 0.15) is 0 Å². The highest BCUT2D eigenvalue weighted by atomic mass is 15.0. The second-order valence-electron chi connectivity index (χ2n) is 12.1. The van der Waals surface area contributed by atoms with E-state index in [9.17, 15) is 0 Å². The highest BCUT2D eigenvalue weighted by Crippen LogP contribution is 2.37. The van der Waals surface area contributed by atoms with Gasteiger partial charge in [0.25, 0.3) is 0 Å². The first-order chi connectivity index (χ1) is 23.2. The average Bonchev–Trinajstić information content (AvgIpc) is 3.45. The summed E-state index contributed by atoms with van der Waals surface area (Å²) in [5.41, 5.74) is 9.97. The summed E-state index contributed by atoms with van der Waals surface area (Å²) >= 11 is 0. The number of para-hydroxylation sites is 2. The quantitative estimate of drug-likeness (QED) is 0.198. The molecule has 0 aliphatic rings. The standard InChI is InChI=1S/C44H31N3/c1-2-14-40(15-3-1)47-43-17-9-8-16-41(43)42-23-20-34(28-44(42)47)35-26-38(45-36-21-18-30-10-4-6-12-32(30)24-36)29-39(27-35)46-37-22-19-31-11-5-7-13-33(31)25-37/h1-29,45-46H. The molecule has 9 rings (SSSR count). The summed E-state index contributed by atoms with van der Waals surface area (Å²) in [6.07, 6.45) is 0. The molecular weight excluding hydrogens is 571 g/mol. The number of benzene rings is 8. The number of nitrogens with one attached hydrogen (secondary N) is 2. The van der Waals surface area contributed by atoms with Gasteiger partial charge in [-0.15, -0.1) is 0 Å². The molecule has 0 saturated carbocycles. The van der Waals surface area contributed by atoms with Crippen LogP contribution in [0.3, 0.4) is 0 Å². The Bertz CT molecular complexity index is 2480. The minimum Gasteiger partial charge on any atom is -0.355 e. The Hall–Kier alpha value is -6.32. The van der Waals surface area contributed by atoms with Crippen molar-refractivity contribution < 1.29 is 0 Å². The Morgan fingerprint density at radius 3 is 1.53 bits per heavy atom. The number of aromatic nitrogens is 1. The lowest BCUT2D eigenvalue weighted by atomic mass is 10.0. The summed E-state index contributed by atoms with van der Waals surface area (Å²) < 4.78 is 2.37. The molecule has 8 aromatic carbocycles. The van der Waals surface area contributed by atoms with Gasteiger partial charge in [-0.3, -0.25) is 0 Å². The molecule has 2 N–H and O–H groups in total. The van der Waals surface area contributed by atoms with Gasteiger partial charge in [0.15, 0.2) is 0 Å². The lowest BCUT2D eigenvalue weighted by Gasteiger charge is -2.15. The topological polar surface area (TPSA) is 29.0 Å². The number of anilines is 4. The second-order valence-corrected chi connectivity index (χ2v) is 12.1. The van der Waals surface area contributed by atoms with Crippen molar-refractivity contribution in [3.63, 3.8) is 0 Å². The van der Waals surface area contributed by atoms with Gasteiger partial charge in [-0.1, -0.05) is 109 Å². The molecule has 3 nitrogen and oxygen atoms in total. The largest absolute Gasteiger partial charge is 0.355 e. The Balaban J connectivity index is 1.19. The molecule has 0 amide bonds. The molecule has 0 bridgehead atoms. The fraction of sp³-hybridized carbons (Fsp3) is 0. The van der Waals surface area contributed by atoms with E-state index in [1.807, 2.05) is 0 Å².